The first kappa shape index (κ1) is 16.2. The smallest absolute Gasteiger partial charge is 0.269 e. The molecule has 0 heterocycles. The number of benzene rings is 1. The molecule has 0 amide bonds. The summed E-state index contributed by atoms with van der Waals surface area (Å²) in [5.41, 5.74) is 3.14. The quantitative estimate of drug-likeness (QED) is 0.346. The number of ether oxygens (including phenoxy) is 1. The second-order valence-electron chi connectivity index (χ2n) is 5.89. The van der Waals surface area contributed by atoms with Crippen molar-refractivity contribution < 1.29 is 9.66 Å². The summed E-state index contributed by atoms with van der Waals surface area (Å²) in [6.45, 7) is 2.48. The molecule has 0 aliphatic heterocycles. The Morgan fingerprint density at radius 2 is 2.33 bits per heavy atom. The first-order valence-electron chi connectivity index (χ1n) is 8.17. The van der Waals surface area contributed by atoms with E-state index in [1.165, 1.54) is 18.0 Å². The van der Waals surface area contributed by atoms with E-state index in [1.807, 2.05) is 13.0 Å². The van der Waals surface area contributed by atoms with Crippen molar-refractivity contribution in [1.29, 1.82) is 0 Å². The Balaban J connectivity index is 1.98. The van der Waals surface area contributed by atoms with Gasteiger partial charge in [0.1, 0.15) is 0 Å². The summed E-state index contributed by atoms with van der Waals surface area (Å²) in [6.07, 6.45) is 12.0. The molecule has 2 atom stereocenters. The zero-order valence-electron chi connectivity index (χ0n) is 13.6. The Morgan fingerprint density at radius 1 is 1.46 bits per heavy atom. The first-order chi connectivity index (χ1) is 11.7. The van der Waals surface area contributed by atoms with Crippen molar-refractivity contribution >= 4 is 12.1 Å². The van der Waals surface area contributed by atoms with Crippen LogP contribution in [0.1, 0.15) is 31.2 Å². The third-order valence-electron chi connectivity index (χ3n) is 4.39. The standard InChI is InChI=1S/C19H20N2O3/c1-2-24-13-20-16-10-14-6-3-4-9-18(14)19(12-16)15-7-5-8-17(11-15)21(22)23/h3,5-8,10-13,18-19H,2,4,9H2,1H3. The van der Waals surface area contributed by atoms with Crippen molar-refractivity contribution in [2.24, 2.45) is 10.9 Å². The van der Waals surface area contributed by atoms with Crippen molar-refractivity contribution in [3.63, 3.8) is 0 Å². The van der Waals surface area contributed by atoms with Crippen molar-refractivity contribution in [2.45, 2.75) is 25.7 Å². The van der Waals surface area contributed by atoms with Crippen molar-refractivity contribution in [2.75, 3.05) is 6.61 Å². The van der Waals surface area contributed by atoms with Gasteiger partial charge in [-0.2, -0.15) is 0 Å². The van der Waals surface area contributed by atoms with Crippen LogP contribution in [0, 0.1) is 16.0 Å². The summed E-state index contributed by atoms with van der Waals surface area (Å²) < 4.78 is 5.19. The van der Waals surface area contributed by atoms with Crippen LogP contribution in [-0.2, 0) is 4.74 Å². The van der Waals surface area contributed by atoms with Crippen LogP contribution in [0.3, 0.4) is 0 Å². The lowest BCUT2D eigenvalue weighted by atomic mass is 9.73. The lowest BCUT2D eigenvalue weighted by Crippen LogP contribution is -2.19. The molecule has 2 aliphatic carbocycles. The Labute approximate surface area is 141 Å². The zero-order valence-corrected chi connectivity index (χ0v) is 13.6. The zero-order chi connectivity index (χ0) is 16.9. The van der Waals surface area contributed by atoms with E-state index in [1.54, 1.807) is 12.1 Å². The van der Waals surface area contributed by atoms with Gasteiger partial charge >= 0.3 is 0 Å². The molecular weight excluding hydrogens is 304 g/mol. The van der Waals surface area contributed by atoms with Gasteiger partial charge in [-0.1, -0.05) is 30.4 Å². The van der Waals surface area contributed by atoms with Crippen LogP contribution >= 0.6 is 0 Å². The fourth-order valence-corrected chi connectivity index (χ4v) is 3.27. The van der Waals surface area contributed by atoms with Crippen molar-refractivity contribution in [3.8, 4) is 0 Å². The molecular formula is C19H20N2O3. The Morgan fingerprint density at radius 3 is 3.12 bits per heavy atom. The summed E-state index contributed by atoms with van der Waals surface area (Å²) in [7, 11) is 0. The molecule has 3 rings (SSSR count). The monoisotopic (exact) mass is 324 g/mol. The van der Waals surface area contributed by atoms with Crippen LogP contribution in [0.4, 0.5) is 5.69 Å². The molecule has 0 fully saturated rings. The van der Waals surface area contributed by atoms with Gasteiger partial charge in [-0.25, -0.2) is 4.99 Å². The molecule has 0 radical (unpaired) electrons. The topological polar surface area (TPSA) is 64.7 Å². The van der Waals surface area contributed by atoms with Crippen LogP contribution < -0.4 is 0 Å². The number of nitro groups is 1. The maximum atomic E-state index is 11.1. The van der Waals surface area contributed by atoms with Crippen LogP contribution in [-0.4, -0.2) is 17.9 Å². The van der Waals surface area contributed by atoms with Gasteiger partial charge in [-0.3, -0.25) is 10.1 Å². The van der Waals surface area contributed by atoms with E-state index < -0.39 is 0 Å². The predicted molar refractivity (Wildman–Crippen MR) is 94.0 cm³/mol. The summed E-state index contributed by atoms with van der Waals surface area (Å²) >= 11 is 0. The van der Waals surface area contributed by atoms with E-state index in [-0.39, 0.29) is 16.5 Å². The first-order valence-corrected chi connectivity index (χ1v) is 8.17. The lowest BCUT2D eigenvalue weighted by molar-refractivity contribution is -0.384. The number of hydrogen-bond acceptors (Lipinski definition) is 4. The fourth-order valence-electron chi connectivity index (χ4n) is 3.27. The molecule has 0 spiro atoms. The van der Waals surface area contributed by atoms with Crippen molar-refractivity contribution in [3.05, 3.63) is 75.5 Å². The highest BCUT2D eigenvalue weighted by atomic mass is 16.6. The highest BCUT2D eigenvalue weighted by molar-refractivity contribution is 5.53. The molecule has 24 heavy (non-hydrogen) atoms. The number of hydrogen-bond donors (Lipinski definition) is 0. The van der Waals surface area contributed by atoms with Crippen LogP contribution in [0.15, 0.2) is 64.8 Å². The highest BCUT2D eigenvalue weighted by Gasteiger charge is 2.29. The predicted octanol–water partition coefficient (Wildman–Crippen LogP) is 4.53. The number of fused-ring (bicyclic) bond motifs is 1. The lowest BCUT2D eigenvalue weighted by Gasteiger charge is -2.31. The second kappa shape index (κ2) is 7.25. The van der Waals surface area contributed by atoms with Crippen LogP contribution in [0.5, 0.6) is 0 Å². The average Bonchev–Trinajstić information content (AvgIpc) is 2.61. The minimum atomic E-state index is -0.346. The molecule has 0 bridgehead atoms. The van der Waals surface area contributed by atoms with Gasteiger partial charge in [0.2, 0.25) is 0 Å². The molecule has 1 aromatic carbocycles. The largest absolute Gasteiger partial charge is 0.483 e. The minimum Gasteiger partial charge on any atom is -0.483 e. The molecule has 0 aromatic heterocycles. The fraction of sp³-hybridized carbons (Fsp3) is 0.316. The van der Waals surface area contributed by atoms with Gasteiger partial charge < -0.3 is 4.74 Å². The third kappa shape index (κ3) is 3.45. The van der Waals surface area contributed by atoms with E-state index in [0.717, 1.165) is 24.1 Å². The van der Waals surface area contributed by atoms with E-state index in [9.17, 15) is 10.1 Å². The molecule has 2 aliphatic rings. The van der Waals surface area contributed by atoms with E-state index in [4.69, 9.17) is 4.74 Å². The third-order valence-corrected chi connectivity index (χ3v) is 4.39. The van der Waals surface area contributed by atoms with Crippen LogP contribution in [0.25, 0.3) is 0 Å². The highest BCUT2D eigenvalue weighted by Crippen LogP contribution is 2.42. The van der Waals surface area contributed by atoms with E-state index in [2.05, 4.69) is 29.3 Å². The average molecular weight is 324 g/mol. The molecule has 0 saturated carbocycles. The van der Waals surface area contributed by atoms with Gasteiger partial charge in [-0.15, -0.1) is 0 Å². The Kier molecular flexibility index (Phi) is 4.89. The van der Waals surface area contributed by atoms with Crippen molar-refractivity contribution in [1.82, 2.24) is 0 Å². The molecule has 1 aromatic rings. The molecule has 0 saturated heterocycles. The van der Waals surface area contributed by atoms with Gasteiger partial charge in [0.25, 0.3) is 5.69 Å². The number of aliphatic imine (C=N–C) groups is 1. The number of rotatable bonds is 5. The van der Waals surface area contributed by atoms with E-state index >= 15 is 0 Å². The van der Waals surface area contributed by atoms with Crippen LogP contribution in [0.2, 0.25) is 0 Å². The number of non-ortho nitro benzene ring substituents is 1. The normalized spacial score (nSPS) is 22.7. The molecule has 2 unspecified atom stereocenters. The van der Waals surface area contributed by atoms with Gasteiger partial charge in [-0.05, 0) is 42.9 Å². The maximum absolute atomic E-state index is 11.1. The van der Waals surface area contributed by atoms with Gasteiger partial charge in [0.15, 0.2) is 6.40 Å². The minimum absolute atomic E-state index is 0.0867. The Hall–Kier alpha value is -2.69. The molecule has 0 N–H and O–H groups in total. The SMILES string of the molecule is CCOC=NC1=CC(c2cccc([N+](=O)[O-])c2)C2CCC=CC2=C1. The summed E-state index contributed by atoms with van der Waals surface area (Å²) in [6, 6.07) is 6.91. The van der Waals surface area contributed by atoms with E-state index in [0.29, 0.717) is 12.5 Å². The second-order valence-corrected chi connectivity index (χ2v) is 5.89. The summed E-state index contributed by atoms with van der Waals surface area (Å²) in [5, 5.41) is 11.1. The summed E-state index contributed by atoms with van der Waals surface area (Å²) in [4.78, 5) is 15.1. The molecule has 124 valence electrons. The summed E-state index contributed by atoms with van der Waals surface area (Å²) in [5.74, 6) is 0.423. The number of nitrogens with zero attached hydrogens (tertiary/aromatic N) is 2. The number of nitro benzene ring substituents is 1. The van der Waals surface area contributed by atoms with Gasteiger partial charge in [0, 0.05) is 18.1 Å². The maximum Gasteiger partial charge on any atom is 0.269 e. The Bertz CT molecular complexity index is 747. The number of allylic oxidation sites excluding steroid dienone is 5. The molecule has 5 nitrogen and oxygen atoms in total. The molecule has 5 heteroatoms. The van der Waals surface area contributed by atoms with Gasteiger partial charge in [0.05, 0.1) is 17.2 Å².